The van der Waals surface area contributed by atoms with E-state index in [4.69, 9.17) is 0 Å². The number of aliphatic hydroxyl groups excluding tert-OH is 1. The Bertz CT molecular complexity index is 428. The average molecular weight is 265 g/mol. The van der Waals surface area contributed by atoms with Crippen LogP contribution in [0.15, 0.2) is 6.20 Å². The highest BCUT2D eigenvalue weighted by Crippen LogP contribution is 2.30. The molecule has 0 spiro atoms. The second kappa shape index (κ2) is 6.19. The number of aryl methyl sites for hydroxylation is 1. The van der Waals surface area contributed by atoms with E-state index in [9.17, 15) is 9.90 Å². The molecule has 1 heterocycles. The molecule has 5 heteroatoms. The molecule has 0 saturated carbocycles. The molecule has 1 aromatic heterocycles. The number of fused-ring (bicyclic) bond motifs is 1. The molecule has 0 bridgehead atoms. The second-order valence-electron chi connectivity index (χ2n) is 5.78. The SMILES string of the molecule is CC(C)CC(O)CNC(=O)C1CCCc2[nH]ncc21. The van der Waals surface area contributed by atoms with E-state index in [1.54, 1.807) is 6.20 Å². The number of rotatable bonds is 5. The van der Waals surface area contributed by atoms with Crippen LogP contribution in [0, 0.1) is 5.92 Å². The number of aliphatic hydroxyl groups is 1. The normalized spacial score (nSPS) is 20.1. The number of carbonyl (C=O) groups excluding carboxylic acids is 1. The van der Waals surface area contributed by atoms with Gasteiger partial charge in [-0.3, -0.25) is 9.89 Å². The molecule has 1 aromatic rings. The molecule has 3 N–H and O–H groups in total. The summed E-state index contributed by atoms with van der Waals surface area (Å²) in [6, 6.07) is 0. The highest BCUT2D eigenvalue weighted by Gasteiger charge is 2.27. The molecule has 0 aromatic carbocycles. The van der Waals surface area contributed by atoms with E-state index in [2.05, 4.69) is 29.4 Å². The van der Waals surface area contributed by atoms with Gasteiger partial charge in [0.2, 0.25) is 5.91 Å². The summed E-state index contributed by atoms with van der Waals surface area (Å²) in [6.07, 6.45) is 4.83. The van der Waals surface area contributed by atoms with E-state index < -0.39 is 6.10 Å². The first kappa shape index (κ1) is 14.1. The molecule has 1 amide bonds. The minimum absolute atomic E-state index is 0.00477. The molecule has 0 saturated heterocycles. The third kappa shape index (κ3) is 3.56. The van der Waals surface area contributed by atoms with Crippen molar-refractivity contribution in [2.45, 2.75) is 51.6 Å². The fourth-order valence-electron chi connectivity index (χ4n) is 2.70. The second-order valence-corrected chi connectivity index (χ2v) is 5.78. The Morgan fingerprint density at radius 2 is 2.42 bits per heavy atom. The van der Waals surface area contributed by atoms with Gasteiger partial charge in [-0.05, 0) is 31.6 Å². The van der Waals surface area contributed by atoms with Gasteiger partial charge in [-0.2, -0.15) is 5.10 Å². The fourth-order valence-corrected chi connectivity index (χ4v) is 2.70. The van der Waals surface area contributed by atoms with Gasteiger partial charge in [0, 0.05) is 17.8 Å². The van der Waals surface area contributed by atoms with Gasteiger partial charge in [-0.1, -0.05) is 13.8 Å². The fraction of sp³-hybridized carbons (Fsp3) is 0.714. The van der Waals surface area contributed by atoms with Crippen LogP contribution in [0.25, 0.3) is 0 Å². The lowest BCUT2D eigenvalue weighted by Gasteiger charge is -2.22. The van der Waals surface area contributed by atoms with Gasteiger partial charge in [0.05, 0.1) is 18.2 Å². The van der Waals surface area contributed by atoms with E-state index in [0.717, 1.165) is 30.5 Å². The number of aromatic amines is 1. The van der Waals surface area contributed by atoms with Crippen molar-refractivity contribution >= 4 is 5.91 Å². The number of nitrogens with one attached hydrogen (secondary N) is 2. The Kier molecular flexibility index (Phi) is 4.58. The zero-order valence-corrected chi connectivity index (χ0v) is 11.6. The lowest BCUT2D eigenvalue weighted by Crippen LogP contribution is -2.36. The molecular formula is C14H23N3O2. The number of amides is 1. The molecule has 0 radical (unpaired) electrons. The maximum Gasteiger partial charge on any atom is 0.227 e. The van der Waals surface area contributed by atoms with Crippen LogP contribution in [-0.2, 0) is 11.2 Å². The van der Waals surface area contributed by atoms with E-state index in [-0.39, 0.29) is 11.8 Å². The van der Waals surface area contributed by atoms with Crippen molar-refractivity contribution in [1.82, 2.24) is 15.5 Å². The Morgan fingerprint density at radius 3 is 3.16 bits per heavy atom. The third-order valence-corrected chi connectivity index (χ3v) is 3.62. The predicted octanol–water partition coefficient (Wildman–Crippen LogP) is 1.35. The largest absolute Gasteiger partial charge is 0.391 e. The topological polar surface area (TPSA) is 78.0 Å². The number of aromatic nitrogens is 2. The molecule has 2 unspecified atom stereocenters. The van der Waals surface area contributed by atoms with Gasteiger partial charge in [0.15, 0.2) is 0 Å². The van der Waals surface area contributed by atoms with E-state index >= 15 is 0 Å². The minimum Gasteiger partial charge on any atom is -0.391 e. The molecular weight excluding hydrogens is 242 g/mol. The highest BCUT2D eigenvalue weighted by molar-refractivity contribution is 5.84. The summed E-state index contributed by atoms with van der Waals surface area (Å²) < 4.78 is 0. The first-order chi connectivity index (χ1) is 9.08. The highest BCUT2D eigenvalue weighted by atomic mass is 16.3. The molecule has 0 fully saturated rings. The van der Waals surface area contributed by atoms with Gasteiger partial charge in [-0.15, -0.1) is 0 Å². The van der Waals surface area contributed by atoms with Crippen LogP contribution in [0.2, 0.25) is 0 Å². The summed E-state index contributed by atoms with van der Waals surface area (Å²) in [5, 5.41) is 19.6. The van der Waals surface area contributed by atoms with Crippen LogP contribution in [0.3, 0.4) is 0 Å². The van der Waals surface area contributed by atoms with Crippen LogP contribution in [-0.4, -0.2) is 33.9 Å². The van der Waals surface area contributed by atoms with E-state index in [1.807, 2.05) is 0 Å². The first-order valence-corrected chi connectivity index (χ1v) is 7.05. The molecule has 106 valence electrons. The van der Waals surface area contributed by atoms with Crippen molar-refractivity contribution in [3.05, 3.63) is 17.5 Å². The number of carbonyl (C=O) groups is 1. The first-order valence-electron chi connectivity index (χ1n) is 7.05. The van der Waals surface area contributed by atoms with Crippen LogP contribution in [0.4, 0.5) is 0 Å². The standard InChI is InChI=1S/C14H23N3O2/c1-9(2)6-10(18)7-15-14(19)11-4-3-5-13-12(11)8-16-17-13/h8-11,18H,3-7H2,1-2H3,(H,15,19)(H,16,17). The summed E-state index contributed by atoms with van der Waals surface area (Å²) in [5.74, 6) is 0.320. The van der Waals surface area contributed by atoms with Crippen LogP contribution in [0.1, 0.15) is 50.3 Å². The van der Waals surface area contributed by atoms with Crippen molar-refractivity contribution < 1.29 is 9.90 Å². The molecule has 19 heavy (non-hydrogen) atoms. The van der Waals surface area contributed by atoms with Crippen LogP contribution in [0.5, 0.6) is 0 Å². The van der Waals surface area contributed by atoms with Crippen LogP contribution < -0.4 is 5.32 Å². The Labute approximate surface area is 113 Å². The van der Waals surface area contributed by atoms with Crippen molar-refractivity contribution in [3.8, 4) is 0 Å². The Morgan fingerprint density at radius 1 is 1.63 bits per heavy atom. The smallest absolute Gasteiger partial charge is 0.227 e. The third-order valence-electron chi connectivity index (χ3n) is 3.62. The number of H-pyrrole nitrogens is 1. The molecule has 1 aliphatic rings. The van der Waals surface area contributed by atoms with Crippen molar-refractivity contribution in [2.75, 3.05) is 6.54 Å². The number of nitrogens with zero attached hydrogens (tertiary/aromatic N) is 1. The zero-order chi connectivity index (χ0) is 13.8. The average Bonchev–Trinajstić information content (AvgIpc) is 2.83. The lowest BCUT2D eigenvalue weighted by molar-refractivity contribution is -0.123. The van der Waals surface area contributed by atoms with Crippen molar-refractivity contribution in [3.63, 3.8) is 0 Å². The maximum atomic E-state index is 12.2. The van der Waals surface area contributed by atoms with Gasteiger partial charge >= 0.3 is 0 Å². The van der Waals surface area contributed by atoms with Crippen molar-refractivity contribution in [1.29, 1.82) is 0 Å². The number of hydrogen-bond donors (Lipinski definition) is 3. The van der Waals surface area contributed by atoms with Gasteiger partial charge < -0.3 is 10.4 Å². The summed E-state index contributed by atoms with van der Waals surface area (Å²) >= 11 is 0. The van der Waals surface area contributed by atoms with Gasteiger partial charge in [0.25, 0.3) is 0 Å². The molecule has 5 nitrogen and oxygen atoms in total. The quantitative estimate of drug-likeness (QED) is 0.752. The van der Waals surface area contributed by atoms with E-state index in [1.165, 1.54) is 0 Å². The number of hydrogen-bond acceptors (Lipinski definition) is 3. The maximum absolute atomic E-state index is 12.2. The van der Waals surface area contributed by atoms with Gasteiger partial charge in [0.1, 0.15) is 0 Å². The summed E-state index contributed by atoms with van der Waals surface area (Å²) in [5.41, 5.74) is 2.09. The summed E-state index contributed by atoms with van der Waals surface area (Å²) in [7, 11) is 0. The zero-order valence-electron chi connectivity index (χ0n) is 11.6. The summed E-state index contributed by atoms with van der Waals surface area (Å²) in [4.78, 5) is 12.2. The summed E-state index contributed by atoms with van der Waals surface area (Å²) in [6.45, 7) is 4.45. The monoisotopic (exact) mass is 265 g/mol. The van der Waals surface area contributed by atoms with Crippen LogP contribution >= 0.6 is 0 Å². The molecule has 0 aliphatic heterocycles. The van der Waals surface area contributed by atoms with E-state index in [0.29, 0.717) is 18.9 Å². The predicted molar refractivity (Wildman–Crippen MR) is 72.7 cm³/mol. The molecule has 1 aliphatic carbocycles. The van der Waals surface area contributed by atoms with Crippen molar-refractivity contribution in [2.24, 2.45) is 5.92 Å². The molecule has 2 atom stereocenters. The lowest BCUT2D eigenvalue weighted by atomic mass is 9.86. The van der Waals surface area contributed by atoms with Gasteiger partial charge in [-0.25, -0.2) is 0 Å². The minimum atomic E-state index is -0.462. The Hall–Kier alpha value is -1.36. The Balaban J connectivity index is 1.88. The molecule has 2 rings (SSSR count).